The molecule has 3 aromatic rings. The number of carbonyl (C=O) groups is 2. The van der Waals surface area contributed by atoms with E-state index in [1.54, 1.807) is 42.5 Å². The van der Waals surface area contributed by atoms with Gasteiger partial charge in [0.05, 0.1) is 10.6 Å². The van der Waals surface area contributed by atoms with Crippen molar-refractivity contribution in [3.63, 3.8) is 0 Å². The Labute approximate surface area is 240 Å². The second-order valence-corrected chi connectivity index (χ2v) is 12.1. The lowest BCUT2D eigenvalue weighted by Crippen LogP contribution is -2.54. The fourth-order valence-electron chi connectivity index (χ4n) is 4.19. The van der Waals surface area contributed by atoms with E-state index < -0.39 is 28.5 Å². The molecule has 0 saturated carbocycles. The van der Waals surface area contributed by atoms with Crippen molar-refractivity contribution in [1.82, 2.24) is 10.2 Å². The molecule has 0 aliphatic carbocycles. The molecular weight excluding hydrogens is 578 g/mol. The summed E-state index contributed by atoms with van der Waals surface area (Å²) in [6.45, 7) is 5.59. The highest BCUT2D eigenvalue weighted by Gasteiger charge is 2.33. The van der Waals surface area contributed by atoms with Crippen LogP contribution < -0.4 is 9.62 Å². The number of hydrogen-bond acceptors (Lipinski definition) is 4. The lowest BCUT2D eigenvalue weighted by atomic mass is 10.1. The molecule has 0 radical (unpaired) electrons. The standard InChI is InChI=1S/C30H36BrN3O4S/c1-4-23(3)32-30(36)28(5-2)33(21-20-24-12-8-6-9-13-24)29(35)22-34(26-18-16-25(31)17-19-26)39(37,38)27-14-10-7-11-15-27/h6-19,23,28H,4-5,20-22H2,1-3H3,(H,32,36)/t23-,28-/m0/s1. The van der Waals surface area contributed by atoms with Crippen LogP contribution in [0.2, 0.25) is 0 Å². The number of nitrogens with one attached hydrogen (secondary N) is 1. The second kappa shape index (κ2) is 14.3. The maximum atomic E-state index is 14.0. The van der Waals surface area contributed by atoms with Gasteiger partial charge in [-0.25, -0.2) is 8.42 Å². The van der Waals surface area contributed by atoms with Crippen molar-refractivity contribution in [2.24, 2.45) is 0 Å². The number of rotatable bonds is 13. The SMILES string of the molecule is CC[C@H](C)NC(=O)[C@H](CC)N(CCc1ccccc1)C(=O)CN(c1ccc(Br)cc1)S(=O)(=O)c1ccccc1. The van der Waals surface area contributed by atoms with Gasteiger partial charge in [0.15, 0.2) is 0 Å². The largest absolute Gasteiger partial charge is 0.352 e. The maximum Gasteiger partial charge on any atom is 0.264 e. The summed E-state index contributed by atoms with van der Waals surface area (Å²) in [5.41, 5.74) is 1.38. The number of hydrogen-bond donors (Lipinski definition) is 1. The van der Waals surface area contributed by atoms with E-state index in [1.807, 2.05) is 51.1 Å². The molecule has 2 atom stereocenters. The maximum absolute atomic E-state index is 14.0. The van der Waals surface area contributed by atoms with Crippen LogP contribution in [0.5, 0.6) is 0 Å². The van der Waals surface area contributed by atoms with Crippen molar-refractivity contribution >= 4 is 43.5 Å². The molecule has 3 aromatic carbocycles. The van der Waals surface area contributed by atoms with Crippen LogP contribution in [0.4, 0.5) is 5.69 Å². The highest BCUT2D eigenvalue weighted by Crippen LogP contribution is 2.26. The minimum Gasteiger partial charge on any atom is -0.352 e. The lowest BCUT2D eigenvalue weighted by molar-refractivity contribution is -0.139. The molecule has 39 heavy (non-hydrogen) atoms. The number of halogens is 1. The summed E-state index contributed by atoms with van der Waals surface area (Å²) in [7, 11) is -4.07. The van der Waals surface area contributed by atoms with E-state index >= 15 is 0 Å². The van der Waals surface area contributed by atoms with Crippen LogP contribution in [-0.2, 0) is 26.0 Å². The van der Waals surface area contributed by atoms with Crippen molar-refractivity contribution in [2.45, 2.75) is 57.0 Å². The van der Waals surface area contributed by atoms with Crippen LogP contribution in [0.1, 0.15) is 39.2 Å². The van der Waals surface area contributed by atoms with E-state index in [0.717, 1.165) is 20.8 Å². The monoisotopic (exact) mass is 613 g/mol. The van der Waals surface area contributed by atoms with Crippen LogP contribution in [0.3, 0.4) is 0 Å². The molecule has 0 aromatic heterocycles. The van der Waals surface area contributed by atoms with E-state index in [0.29, 0.717) is 18.5 Å². The van der Waals surface area contributed by atoms with Crippen molar-refractivity contribution in [1.29, 1.82) is 0 Å². The average molecular weight is 615 g/mol. The van der Waals surface area contributed by atoms with Gasteiger partial charge in [-0.05, 0) is 68.1 Å². The molecule has 9 heteroatoms. The zero-order chi connectivity index (χ0) is 28.4. The Bertz CT molecular complexity index is 1320. The number of carbonyl (C=O) groups excluding carboxylic acids is 2. The third-order valence-corrected chi connectivity index (χ3v) is 8.91. The van der Waals surface area contributed by atoms with Gasteiger partial charge in [0.2, 0.25) is 11.8 Å². The summed E-state index contributed by atoms with van der Waals surface area (Å²) < 4.78 is 29.5. The molecule has 7 nitrogen and oxygen atoms in total. The fourth-order valence-corrected chi connectivity index (χ4v) is 5.89. The van der Waals surface area contributed by atoms with Gasteiger partial charge in [-0.3, -0.25) is 13.9 Å². The second-order valence-electron chi connectivity index (χ2n) is 9.37. The number of benzene rings is 3. The molecule has 0 unspecified atom stereocenters. The first-order valence-corrected chi connectivity index (χ1v) is 15.4. The normalized spacial score (nSPS) is 12.8. The minimum absolute atomic E-state index is 0.0460. The molecule has 0 saturated heterocycles. The van der Waals surface area contributed by atoms with Gasteiger partial charge < -0.3 is 10.2 Å². The molecule has 0 aliphatic heterocycles. The lowest BCUT2D eigenvalue weighted by Gasteiger charge is -2.33. The summed E-state index contributed by atoms with van der Waals surface area (Å²) in [6.07, 6.45) is 1.68. The summed E-state index contributed by atoms with van der Waals surface area (Å²) >= 11 is 3.39. The third kappa shape index (κ3) is 8.16. The Morgan fingerprint density at radius 2 is 1.46 bits per heavy atom. The first-order chi connectivity index (χ1) is 18.7. The highest BCUT2D eigenvalue weighted by molar-refractivity contribution is 9.10. The summed E-state index contributed by atoms with van der Waals surface area (Å²) in [4.78, 5) is 28.9. The molecular formula is C30H36BrN3O4S. The molecule has 208 valence electrons. The van der Waals surface area contributed by atoms with Crippen LogP contribution >= 0.6 is 15.9 Å². The van der Waals surface area contributed by atoms with E-state index in [1.165, 1.54) is 17.0 Å². The quantitative estimate of drug-likeness (QED) is 0.279. The number of amides is 2. The van der Waals surface area contributed by atoms with Gasteiger partial charge >= 0.3 is 0 Å². The number of sulfonamides is 1. The van der Waals surface area contributed by atoms with E-state index in [9.17, 15) is 18.0 Å². The fraction of sp³-hybridized carbons (Fsp3) is 0.333. The molecule has 1 N–H and O–H groups in total. The van der Waals surface area contributed by atoms with Crippen LogP contribution in [0.15, 0.2) is 94.3 Å². The van der Waals surface area contributed by atoms with Gasteiger partial charge in [0.25, 0.3) is 10.0 Å². The zero-order valence-corrected chi connectivity index (χ0v) is 25.0. The van der Waals surface area contributed by atoms with Gasteiger partial charge in [0, 0.05) is 17.1 Å². The minimum atomic E-state index is -4.07. The molecule has 3 rings (SSSR count). The Balaban J connectivity index is 1.99. The van der Waals surface area contributed by atoms with Gasteiger partial charge in [-0.15, -0.1) is 0 Å². The summed E-state index contributed by atoms with van der Waals surface area (Å²) in [6, 6.07) is 23.7. The van der Waals surface area contributed by atoms with E-state index in [-0.39, 0.29) is 23.4 Å². The molecule has 0 bridgehead atoms. The van der Waals surface area contributed by atoms with Crippen LogP contribution in [-0.4, -0.2) is 50.3 Å². The summed E-state index contributed by atoms with van der Waals surface area (Å²) in [5, 5.41) is 2.99. The van der Waals surface area contributed by atoms with E-state index in [4.69, 9.17) is 0 Å². The Morgan fingerprint density at radius 1 is 0.872 bits per heavy atom. The van der Waals surface area contributed by atoms with Gasteiger partial charge in [0.1, 0.15) is 12.6 Å². The summed E-state index contributed by atoms with van der Waals surface area (Å²) in [5.74, 6) is -0.686. The van der Waals surface area contributed by atoms with Crippen molar-refractivity contribution < 1.29 is 18.0 Å². The highest BCUT2D eigenvalue weighted by atomic mass is 79.9. The van der Waals surface area contributed by atoms with Crippen molar-refractivity contribution in [3.8, 4) is 0 Å². The first-order valence-electron chi connectivity index (χ1n) is 13.1. The zero-order valence-electron chi connectivity index (χ0n) is 22.6. The predicted molar refractivity (Wildman–Crippen MR) is 159 cm³/mol. The molecule has 0 heterocycles. The van der Waals surface area contributed by atoms with Crippen LogP contribution in [0, 0.1) is 0 Å². The number of nitrogens with zero attached hydrogens (tertiary/aromatic N) is 2. The third-order valence-electron chi connectivity index (χ3n) is 6.60. The molecule has 0 aliphatic rings. The first kappa shape index (κ1) is 30.4. The van der Waals surface area contributed by atoms with Gasteiger partial charge in [-0.1, -0.05) is 78.3 Å². The van der Waals surface area contributed by atoms with E-state index in [2.05, 4.69) is 21.2 Å². The molecule has 2 amide bonds. The van der Waals surface area contributed by atoms with Gasteiger partial charge in [-0.2, -0.15) is 0 Å². The Hall–Kier alpha value is -3.17. The van der Waals surface area contributed by atoms with Crippen LogP contribution in [0.25, 0.3) is 0 Å². The smallest absolute Gasteiger partial charge is 0.264 e. The Morgan fingerprint density at radius 3 is 2.03 bits per heavy atom. The molecule has 0 fully saturated rings. The molecule has 0 spiro atoms. The van der Waals surface area contributed by atoms with Crippen molar-refractivity contribution in [2.75, 3.05) is 17.4 Å². The topological polar surface area (TPSA) is 86.8 Å². The number of anilines is 1. The Kier molecular flexibility index (Phi) is 11.1. The van der Waals surface area contributed by atoms with Crippen molar-refractivity contribution in [3.05, 3.63) is 95.0 Å². The average Bonchev–Trinajstić information content (AvgIpc) is 2.95. The predicted octanol–water partition coefficient (Wildman–Crippen LogP) is 5.41.